The summed E-state index contributed by atoms with van der Waals surface area (Å²) in [5.41, 5.74) is 9.92. The van der Waals surface area contributed by atoms with E-state index >= 15 is 0 Å². The second-order valence-electron chi connectivity index (χ2n) is 13.2. The highest BCUT2D eigenvalue weighted by Gasteiger charge is 2.75. The average molecular weight is 428 g/mol. The van der Waals surface area contributed by atoms with Crippen LogP contribution in [0.2, 0.25) is 0 Å². The number of nitrogens with zero attached hydrogens (tertiary/aromatic N) is 3. The van der Waals surface area contributed by atoms with Gasteiger partial charge in [0, 0.05) is 16.4 Å². The molecule has 0 N–H and O–H groups in total. The van der Waals surface area contributed by atoms with Crippen molar-refractivity contribution in [1.29, 1.82) is 0 Å². The molecule has 5 fully saturated rings. The number of ether oxygens (including phenoxy) is 1. The predicted molar refractivity (Wildman–Crippen MR) is 126 cm³/mol. The molecule has 4 aliphatic carbocycles. The second kappa shape index (κ2) is 7.66. The molecule has 5 rings (SSSR count). The van der Waals surface area contributed by atoms with E-state index in [0.717, 1.165) is 54.8 Å². The quantitative estimate of drug-likeness (QED) is 0.184. The Morgan fingerprint density at radius 1 is 1.03 bits per heavy atom. The summed E-state index contributed by atoms with van der Waals surface area (Å²) in [6.07, 6.45) is 14.8. The molecule has 1 heterocycles. The van der Waals surface area contributed by atoms with Gasteiger partial charge in [-0.1, -0.05) is 59.0 Å². The third-order valence-corrected chi connectivity index (χ3v) is 11.4. The van der Waals surface area contributed by atoms with Crippen LogP contribution in [0.15, 0.2) is 5.11 Å². The minimum Gasteiger partial charge on any atom is -0.365 e. The van der Waals surface area contributed by atoms with Gasteiger partial charge in [0.1, 0.15) is 5.60 Å². The van der Waals surface area contributed by atoms with Crippen molar-refractivity contribution in [2.45, 2.75) is 123 Å². The van der Waals surface area contributed by atoms with E-state index in [4.69, 9.17) is 10.3 Å². The number of hydrogen-bond acceptors (Lipinski definition) is 2. The maximum Gasteiger partial charge on any atom is 0.100 e. The predicted octanol–water partition coefficient (Wildman–Crippen LogP) is 7.92. The van der Waals surface area contributed by atoms with Gasteiger partial charge in [-0.3, -0.25) is 0 Å². The smallest absolute Gasteiger partial charge is 0.100 e. The molecule has 0 radical (unpaired) electrons. The number of rotatable bonds is 6. The first-order chi connectivity index (χ1) is 14.7. The minimum absolute atomic E-state index is 0.117. The molecule has 0 aromatic carbocycles. The Morgan fingerprint density at radius 2 is 1.84 bits per heavy atom. The van der Waals surface area contributed by atoms with E-state index in [0.29, 0.717) is 11.5 Å². The van der Waals surface area contributed by atoms with Crippen molar-refractivity contribution >= 4 is 0 Å². The Labute approximate surface area is 189 Å². The maximum atomic E-state index is 9.06. The summed E-state index contributed by atoms with van der Waals surface area (Å²) < 4.78 is 6.59. The van der Waals surface area contributed by atoms with E-state index in [9.17, 15) is 0 Å². The maximum absolute atomic E-state index is 9.06. The van der Waals surface area contributed by atoms with Gasteiger partial charge in [-0.15, -0.1) is 0 Å². The van der Waals surface area contributed by atoms with Crippen LogP contribution >= 0.6 is 0 Å². The molecule has 0 aromatic rings. The number of hydrogen-bond donors (Lipinski definition) is 0. The highest BCUT2D eigenvalue weighted by atomic mass is 16.6. The summed E-state index contributed by atoms with van der Waals surface area (Å²) in [5.74, 6) is 5.07. The van der Waals surface area contributed by atoms with Gasteiger partial charge in [-0.05, 0) is 97.8 Å². The van der Waals surface area contributed by atoms with E-state index in [1.807, 2.05) is 0 Å². The molecule has 174 valence electrons. The molecule has 1 spiro atoms. The van der Waals surface area contributed by atoms with Crippen molar-refractivity contribution in [3.8, 4) is 0 Å². The molecule has 31 heavy (non-hydrogen) atoms. The summed E-state index contributed by atoms with van der Waals surface area (Å²) in [4.78, 5) is 3.18. The van der Waals surface area contributed by atoms with Crippen LogP contribution in [0.3, 0.4) is 0 Å². The molecule has 4 nitrogen and oxygen atoms in total. The normalized spacial score (nSPS) is 51.2. The lowest BCUT2D eigenvalue weighted by Gasteiger charge is -2.59. The standard InChI is InChI=1S/C27H45N3O/c1-17(2)7-6-8-18(3)21-9-10-22-20-15-24-27(31-24)14-11-19(29-30-28)16-26(27,5)23(20)12-13-25(21,22)4/h17-24H,6-16H2,1-5H3/t18-,19?,20+,21-,22+,23+,24-,25-,26-,27?/m1/s1. The van der Waals surface area contributed by atoms with Gasteiger partial charge in [0.05, 0.1) is 6.10 Å². The average Bonchev–Trinajstić information content (AvgIpc) is 3.30. The van der Waals surface area contributed by atoms with E-state index in [2.05, 4.69) is 44.6 Å². The Kier molecular flexibility index (Phi) is 5.45. The fraction of sp³-hybridized carbons (Fsp3) is 1.00. The molecular weight excluding hydrogens is 382 g/mol. The Balaban J connectivity index is 1.34. The van der Waals surface area contributed by atoms with Gasteiger partial charge in [0.25, 0.3) is 0 Å². The van der Waals surface area contributed by atoms with Gasteiger partial charge in [0.15, 0.2) is 0 Å². The lowest BCUT2D eigenvalue weighted by Crippen LogP contribution is -2.58. The fourth-order valence-corrected chi connectivity index (χ4v) is 9.93. The van der Waals surface area contributed by atoms with Crippen LogP contribution in [0.25, 0.3) is 10.4 Å². The third-order valence-electron chi connectivity index (χ3n) is 11.4. The largest absolute Gasteiger partial charge is 0.365 e. The first kappa shape index (κ1) is 22.1. The summed E-state index contributed by atoms with van der Waals surface area (Å²) >= 11 is 0. The minimum atomic E-state index is 0.117. The molecule has 5 aliphatic rings. The van der Waals surface area contributed by atoms with Gasteiger partial charge in [-0.2, -0.15) is 0 Å². The molecule has 2 unspecified atom stereocenters. The fourth-order valence-electron chi connectivity index (χ4n) is 9.93. The molecule has 1 saturated heterocycles. The van der Waals surface area contributed by atoms with E-state index < -0.39 is 0 Å². The molecule has 1 aliphatic heterocycles. The first-order valence-electron chi connectivity index (χ1n) is 13.5. The zero-order valence-electron chi connectivity index (χ0n) is 20.6. The lowest BCUT2D eigenvalue weighted by atomic mass is 9.44. The molecule has 10 atom stereocenters. The van der Waals surface area contributed by atoms with Crippen LogP contribution in [0.5, 0.6) is 0 Å². The SMILES string of the molecule is CC(C)CCC[C@@H](C)[C@H]1CC[C@H]2[C@@H]3C[C@H]4OC45CCC(N=[N+]=[N-])C[C@]5(C)[C@H]3CC[C@]12C. The number of epoxide rings is 1. The third kappa shape index (κ3) is 3.22. The Hall–Kier alpha value is -0.730. The van der Waals surface area contributed by atoms with Gasteiger partial charge in [-0.25, -0.2) is 0 Å². The van der Waals surface area contributed by atoms with Crippen molar-refractivity contribution in [3.05, 3.63) is 10.4 Å². The van der Waals surface area contributed by atoms with Crippen LogP contribution < -0.4 is 0 Å². The molecule has 4 heteroatoms. The lowest BCUT2D eigenvalue weighted by molar-refractivity contribution is -0.103. The highest BCUT2D eigenvalue weighted by molar-refractivity contribution is 5.24. The molecule has 0 bridgehead atoms. The first-order valence-corrected chi connectivity index (χ1v) is 13.5. The van der Waals surface area contributed by atoms with Crippen molar-refractivity contribution in [1.82, 2.24) is 0 Å². The van der Waals surface area contributed by atoms with Crippen LogP contribution in [0, 0.1) is 46.3 Å². The van der Waals surface area contributed by atoms with Crippen molar-refractivity contribution in [3.63, 3.8) is 0 Å². The van der Waals surface area contributed by atoms with Gasteiger partial charge in [0.2, 0.25) is 0 Å². The van der Waals surface area contributed by atoms with Crippen LogP contribution in [-0.4, -0.2) is 17.7 Å². The van der Waals surface area contributed by atoms with Crippen molar-refractivity contribution < 1.29 is 4.74 Å². The van der Waals surface area contributed by atoms with Gasteiger partial charge >= 0.3 is 0 Å². The zero-order chi connectivity index (χ0) is 22.0. The molecule has 0 amide bonds. The van der Waals surface area contributed by atoms with Crippen LogP contribution in [0.1, 0.15) is 105 Å². The van der Waals surface area contributed by atoms with E-state index in [1.165, 1.54) is 51.4 Å². The zero-order valence-corrected chi connectivity index (χ0v) is 20.6. The summed E-state index contributed by atoms with van der Waals surface area (Å²) in [5, 5.41) is 4.19. The van der Waals surface area contributed by atoms with Crippen molar-refractivity contribution in [2.75, 3.05) is 0 Å². The summed E-state index contributed by atoms with van der Waals surface area (Å²) in [6.45, 7) is 12.5. The summed E-state index contributed by atoms with van der Waals surface area (Å²) in [6, 6.07) is 0.176. The number of azide groups is 1. The van der Waals surface area contributed by atoms with Crippen LogP contribution in [0.4, 0.5) is 0 Å². The highest BCUT2D eigenvalue weighted by Crippen LogP contribution is 2.74. The topological polar surface area (TPSA) is 61.3 Å². The van der Waals surface area contributed by atoms with Crippen LogP contribution in [-0.2, 0) is 4.74 Å². The Bertz CT molecular complexity index is 747. The van der Waals surface area contributed by atoms with E-state index in [1.54, 1.807) is 0 Å². The van der Waals surface area contributed by atoms with Gasteiger partial charge < -0.3 is 4.74 Å². The summed E-state index contributed by atoms with van der Waals surface area (Å²) in [7, 11) is 0. The van der Waals surface area contributed by atoms with Crippen molar-refractivity contribution in [2.24, 2.45) is 51.5 Å². The van der Waals surface area contributed by atoms with E-state index in [-0.39, 0.29) is 17.1 Å². The monoisotopic (exact) mass is 427 g/mol. The Morgan fingerprint density at radius 3 is 2.58 bits per heavy atom. The number of fused-ring (bicyclic) bond motifs is 4. The molecule has 4 saturated carbocycles. The molecule has 0 aromatic heterocycles. The molecular formula is C27H45N3O. The second-order valence-corrected chi connectivity index (χ2v) is 13.2.